The lowest BCUT2D eigenvalue weighted by molar-refractivity contribution is -0.131. The molecule has 0 spiro atoms. The zero-order chi connectivity index (χ0) is 25.4. The zero-order valence-electron chi connectivity index (χ0n) is 19.2. The topological polar surface area (TPSA) is 66.4 Å². The molecule has 0 fully saturated rings. The molecule has 3 aromatic carbocycles. The van der Waals surface area contributed by atoms with Gasteiger partial charge in [-0.1, -0.05) is 77.8 Å². The predicted octanol–water partition coefficient (Wildman–Crippen LogP) is 7.05. The Morgan fingerprint density at radius 2 is 1.77 bits per heavy atom. The van der Waals surface area contributed by atoms with Gasteiger partial charge in [-0.2, -0.15) is 0 Å². The fourth-order valence-corrected chi connectivity index (χ4v) is 4.26. The van der Waals surface area contributed by atoms with Crippen LogP contribution in [0.1, 0.15) is 36.8 Å². The molecule has 2 N–H and O–H groups in total. The summed E-state index contributed by atoms with van der Waals surface area (Å²) in [6, 6.07) is 19.5. The average molecular weight is 514 g/mol. The highest BCUT2D eigenvalue weighted by molar-refractivity contribution is 6.42. The average Bonchev–Trinajstić information content (AvgIpc) is 2.82. The first-order chi connectivity index (χ1) is 16.7. The second-order valence-corrected chi connectivity index (χ2v) is 9.11. The lowest BCUT2D eigenvalue weighted by Crippen LogP contribution is -2.37. The Morgan fingerprint density at radius 1 is 1.03 bits per heavy atom. The van der Waals surface area contributed by atoms with Gasteiger partial charge in [-0.25, -0.2) is 9.18 Å². The summed E-state index contributed by atoms with van der Waals surface area (Å²) in [5.74, 6) is -1.86. The third-order valence-corrected chi connectivity index (χ3v) is 6.48. The molecule has 0 aliphatic rings. The van der Waals surface area contributed by atoms with Gasteiger partial charge < -0.3 is 10.4 Å². The Morgan fingerprint density at radius 3 is 2.43 bits per heavy atom. The first-order valence-corrected chi connectivity index (χ1v) is 12.0. The van der Waals surface area contributed by atoms with Crippen molar-refractivity contribution in [3.05, 3.63) is 106 Å². The van der Waals surface area contributed by atoms with Crippen LogP contribution < -0.4 is 5.32 Å². The molecule has 0 aliphatic heterocycles. The minimum absolute atomic E-state index is 0.148. The highest BCUT2D eigenvalue weighted by Crippen LogP contribution is 2.31. The number of benzene rings is 3. The number of hydrogen-bond acceptors (Lipinski definition) is 2. The van der Waals surface area contributed by atoms with Gasteiger partial charge in [0.05, 0.1) is 10.0 Å². The van der Waals surface area contributed by atoms with E-state index in [-0.39, 0.29) is 30.1 Å². The molecule has 35 heavy (non-hydrogen) atoms. The van der Waals surface area contributed by atoms with Crippen LogP contribution in [-0.2, 0) is 16.0 Å². The molecule has 1 amide bonds. The number of amides is 1. The first-order valence-electron chi connectivity index (χ1n) is 11.2. The molecule has 0 aromatic heterocycles. The number of carboxylic acids is 1. The van der Waals surface area contributed by atoms with E-state index in [2.05, 4.69) is 5.32 Å². The second-order valence-electron chi connectivity index (χ2n) is 8.30. The van der Waals surface area contributed by atoms with Crippen molar-refractivity contribution in [2.75, 3.05) is 0 Å². The van der Waals surface area contributed by atoms with Crippen LogP contribution in [0.25, 0.3) is 11.1 Å². The van der Waals surface area contributed by atoms with Crippen LogP contribution in [0.4, 0.5) is 4.39 Å². The van der Waals surface area contributed by atoms with Crippen LogP contribution >= 0.6 is 23.2 Å². The van der Waals surface area contributed by atoms with E-state index in [0.29, 0.717) is 28.5 Å². The minimum Gasteiger partial charge on any atom is -0.478 e. The number of aliphatic carboxylic acids is 1. The van der Waals surface area contributed by atoms with Crippen LogP contribution in [0.3, 0.4) is 0 Å². The van der Waals surface area contributed by atoms with Crippen molar-refractivity contribution in [3.8, 4) is 11.1 Å². The monoisotopic (exact) mass is 513 g/mol. The number of rotatable bonds is 10. The Balaban J connectivity index is 1.84. The van der Waals surface area contributed by atoms with Gasteiger partial charge in [0.2, 0.25) is 5.91 Å². The molecule has 7 heteroatoms. The number of allylic oxidation sites excluding steroid dienone is 1. The Kier molecular flexibility index (Phi) is 9.47. The number of carbonyl (C=O) groups excluding carboxylic acids is 1. The Labute approximate surface area is 214 Å². The van der Waals surface area contributed by atoms with Gasteiger partial charge >= 0.3 is 5.97 Å². The van der Waals surface area contributed by atoms with E-state index in [1.54, 1.807) is 18.2 Å². The summed E-state index contributed by atoms with van der Waals surface area (Å²) < 4.78 is 15.2. The highest BCUT2D eigenvalue weighted by Gasteiger charge is 2.23. The molecule has 4 nitrogen and oxygen atoms in total. The summed E-state index contributed by atoms with van der Waals surface area (Å²) in [5.41, 5.74) is 2.94. The summed E-state index contributed by atoms with van der Waals surface area (Å²) in [6.45, 7) is 1.87. The van der Waals surface area contributed by atoms with Crippen LogP contribution in [0, 0.1) is 5.82 Å². The number of halogens is 3. The molecule has 0 bridgehead atoms. The molecule has 0 radical (unpaired) electrons. The van der Waals surface area contributed by atoms with Gasteiger partial charge in [0.15, 0.2) is 0 Å². The molecule has 0 unspecified atom stereocenters. The Hall–Kier alpha value is -3.15. The third-order valence-electron chi connectivity index (χ3n) is 5.74. The van der Waals surface area contributed by atoms with Crippen LogP contribution in [0.5, 0.6) is 0 Å². The molecule has 0 saturated carbocycles. The van der Waals surface area contributed by atoms with Gasteiger partial charge in [-0.15, -0.1) is 0 Å². The smallest absolute Gasteiger partial charge is 0.327 e. The highest BCUT2D eigenvalue weighted by atomic mass is 35.5. The van der Waals surface area contributed by atoms with Crippen molar-refractivity contribution in [2.45, 2.75) is 38.1 Å². The van der Waals surface area contributed by atoms with Gasteiger partial charge in [0, 0.05) is 30.0 Å². The summed E-state index contributed by atoms with van der Waals surface area (Å²) in [5, 5.41) is 12.5. The maximum absolute atomic E-state index is 15.2. The standard InChI is InChI=1S/C28H26Cl2FNO3/c1-18(32-27(33)9-5-6-10-28(34)35)23(15-19-11-14-24(29)25(30)16-19)21-12-13-22(26(31)17-21)20-7-3-2-4-8-20/h2-4,6-8,10-14,16-18,23H,5,9,15H2,1H3,(H,32,33)(H,34,35)/t18-,23+/m0/s1. The van der Waals surface area contributed by atoms with Crippen molar-refractivity contribution in [1.29, 1.82) is 0 Å². The van der Waals surface area contributed by atoms with Gasteiger partial charge in [-0.05, 0) is 54.7 Å². The number of carbonyl (C=O) groups is 2. The van der Waals surface area contributed by atoms with E-state index in [1.165, 1.54) is 12.1 Å². The normalized spacial score (nSPS) is 12.9. The van der Waals surface area contributed by atoms with E-state index in [0.717, 1.165) is 22.8 Å². The lowest BCUT2D eigenvalue weighted by atomic mass is 9.85. The van der Waals surface area contributed by atoms with Crippen LogP contribution in [0.15, 0.2) is 78.9 Å². The number of hydrogen-bond donors (Lipinski definition) is 2. The molecule has 3 rings (SSSR count). The summed E-state index contributed by atoms with van der Waals surface area (Å²) in [4.78, 5) is 23.1. The zero-order valence-corrected chi connectivity index (χ0v) is 20.7. The molecule has 2 atom stereocenters. The molecule has 3 aromatic rings. The lowest BCUT2D eigenvalue weighted by Gasteiger charge is -2.26. The first kappa shape index (κ1) is 26.5. The maximum atomic E-state index is 15.2. The van der Waals surface area contributed by atoms with Gasteiger partial charge in [-0.3, -0.25) is 4.79 Å². The van der Waals surface area contributed by atoms with Crippen molar-refractivity contribution >= 4 is 35.1 Å². The summed E-state index contributed by atoms with van der Waals surface area (Å²) >= 11 is 12.3. The van der Waals surface area contributed by atoms with E-state index in [1.807, 2.05) is 49.4 Å². The van der Waals surface area contributed by atoms with E-state index < -0.39 is 5.97 Å². The largest absolute Gasteiger partial charge is 0.478 e. The molecule has 182 valence electrons. The summed E-state index contributed by atoms with van der Waals surface area (Å²) in [7, 11) is 0. The minimum atomic E-state index is -1.05. The van der Waals surface area contributed by atoms with E-state index in [9.17, 15) is 9.59 Å². The summed E-state index contributed by atoms with van der Waals surface area (Å²) in [6.07, 6.45) is 3.41. The molecule has 0 heterocycles. The van der Waals surface area contributed by atoms with Crippen LogP contribution in [0.2, 0.25) is 10.0 Å². The number of nitrogens with one attached hydrogen (secondary N) is 1. The quantitative estimate of drug-likeness (QED) is 0.285. The van der Waals surface area contributed by atoms with Crippen molar-refractivity contribution < 1.29 is 19.1 Å². The van der Waals surface area contributed by atoms with Crippen molar-refractivity contribution in [2.24, 2.45) is 0 Å². The fraction of sp³-hybridized carbons (Fsp3) is 0.214. The predicted molar refractivity (Wildman–Crippen MR) is 138 cm³/mol. The fourth-order valence-electron chi connectivity index (χ4n) is 3.94. The molecule has 0 aliphatic carbocycles. The number of carboxylic acid groups (broad SMARTS) is 1. The van der Waals surface area contributed by atoms with E-state index >= 15 is 4.39 Å². The maximum Gasteiger partial charge on any atom is 0.327 e. The van der Waals surface area contributed by atoms with Gasteiger partial charge in [0.25, 0.3) is 0 Å². The van der Waals surface area contributed by atoms with Gasteiger partial charge in [0.1, 0.15) is 5.82 Å². The third kappa shape index (κ3) is 7.67. The van der Waals surface area contributed by atoms with Crippen molar-refractivity contribution in [3.63, 3.8) is 0 Å². The van der Waals surface area contributed by atoms with Crippen LogP contribution in [-0.4, -0.2) is 23.0 Å². The molecular weight excluding hydrogens is 488 g/mol. The van der Waals surface area contributed by atoms with E-state index in [4.69, 9.17) is 28.3 Å². The second kappa shape index (κ2) is 12.5. The molecule has 0 saturated heterocycles. The van der Waals surface area contributed by atoms with Crippen molar-refractivity contribution in [1.82, 2.24) is 5.32 Å². The Bertz CT molecular complexity index is 1210. The SMILES string of the molecule is C[C@H](NC(=O)CCC=CC(=O)O)[C@@H](Cc1ccc(Cl)c(Cl)c1)c1ccc(-c2ccccc2)c(F)c1. The molecular formula is C28H26Cl2FNO3.